The Morgan fingerprint density at radius 1 is 1.47 bits per heavy atom. The van der Waals surface area contributed by atoms with Gasteiger partial charge in [-0.2, -0.15) is 0 Å². The molecule has 5 heteroatoms. The molecule has 2 aromatic heterocycles. The Morgan fingerprint density at radius 3 is 3.00 bits per heavy atom. The fourth-order valence-electron chi connectivity index (χ4n) is 1.36. The third-order valence-corrected chi connectivity index (χ3v) is 2.41. The van der Waals surface area contributed by atoms with Gasteiger partial charge in [0.05, 0.1) is 18.7 Å². The van der Waals surface area contributed by atoms with Crippen molar-refractivity contribution >= 4 is 11.6 Å². The van der Waals surface area contributed by atoms with Crippen LogP contribution in [0.5, 0.6) is 0 Å². The van der Waals surface area contributed by atoms with Crippen LogP contribution in [0.25, 0.3) is 11.5 Å². The number of hydrogen-bond acceptors (Lipinski definition) is 3. The largest absolute Gasteiger partial charge is 0.439 e. The van der Waals surface area contributed by atoms with E-state index in [1.54, 1.807) is 18.7 Å². The molecule has 2 aromatic rings. The maximum atomic E-state index is 5.60. The van der Waals surface area contributed by atoms with E-state index < -0.39 is 0 Å². The van der Waals surface area contributed by atoms with Crippen LogP contribution in [0.4, 0.5) is 0 Å². The number of aryl methyl sites for hydroxylation is 2. The van der Waals surface area contributed by atoms with Crippen LogP contribution >= 0.6 is 11.6 Å². The fourth-order valence-corrected chi connectivity index (χ4v) is 1.49. The molecule has 0 atom stereocenters. The van der Waals surface area contributed by atoms with E-state index >= 15 is 0 Å². The second-order valence-electron chi connectivity index (χ2n) is 3.30. The Kier molecular flexibility index (Phi) is 3.06. The lowest BCUT2D eigenvalue weighted by Crippen LogP contribution is -1.87. The minimum atomic E-state index is 0.628. The summed E-state index contributed by atoms with van der Waals surface area (Å²) in [6.07, 6.45) is 6.87. The third kappa shape index (κ3) is 2.21. The number of oxazole rings is 1. The molecule has 0 radical (unpaired) electrons. The zero-order valence-electron chi connectivity index (χ0n) is 8.48. The number of rotatable bonds is 4. The van der Waals surface area contributed by atoms with Crippen molar-refractivity contribution in [3.63, 3.8) is 0 Å². The Hall–Kier alpha value is -1.29. The van der Waals surface area contributed by atoms with Crippen LogP contribution in [0, 0.1) is 0 Å². The molecule has 0 saturated carbocycles. The molecule has 0 aliphatic carbocycles. The highest BCUT2D eigenvalue weighted by Crippen LogP contribution is 2.19. The van der Waals surface area contributed by atoms with Gasteiger partial charge in [-0.1, -0.05) is 0 Å². The normalized spacial score (nSPS) is 10.8. The van der Waals surface area contributed by atoms with E-state index in [1.807, 2.05) is 11.6 Å². The van der Waals surface area contributed by atoms with Crippen molar-refractivity contribution in [3.8, 4) is 11.5 Å². The van der Waals surface area contributed by atoms with E-state index in [0.717, 1.165) is 30.2 Å². The Bertz CT molecular complexity index is 435. The summed E-state index contributed by atoms with van der Waals surface area (Å²) in [6, 6.07) is 0. The highest BCUT2D eigenvalue weighted by atomic mass is 35.5. The Labute approximate surface area is 92.9 Å². The Morgan fingerprint density at radius 2 is 2.33 bits per heavy atom. The highest BCUT2D eigenvalue weighted by Gasteiger charge is 2.08. The molecule has 4 nitrogen and oxygen atoms in total. The molecule has 0 N–H and O–H groups in total. The van der Waals surface area contributed by atoms with Gasteiger partial charge in [-0.05, 0) is 6.42 Å². The zero-order valence-corrected chi connectivity index (χ0v) is 9.24. The summed E-state index contributed by atoms with van der Waals surface area (Å²) in [6.45, 7) is 0. The summed E-state index contributed by atoms with van der Waals surface area (Å²) in [5, 5.41) is 0. The summed E-state index contributed by atoms with van der Waals surface area (Å²) in [7, 11) is 1.92. The molecule has 0 saturated heterocycles. The number of aromatic nitrogens is 3. The summed E-state index contributed by atoms with van der Waals surface area (Å²) in [4.78, 5) is 8.21. The molecule has 15 heavy (non-hydrogen) atoms. The monoisotopic (exact) mass is 225 g/mol. The molecule has 0 amide bonds. The van der Waals surface area contributed by atoms with Crippen LogP contribution in [0.1, 0.15) is 12.3 Å². The van der Waals surface area contributed by atoms with Gasteiger partial charge in [-0.15, -0.1) is 11.6 Å². The number of nitrogens with zero attached hydrogens (tertiary/aromatic N) is 3. The Balaban J connectivity index is 2.17. The van der Waals surface area contributed by atoms with Crippen LogP contribution in [-0.2, 0) is 13.5 Å². The minimum Gasteiger partial charge on any atom is -0.439 e. The van der Waals surface area contributed by atoms with Crippen molar-refractivity contribution < 1.29 is 4.42 Å². The van der Waals surface area contributed by atoms with E-state index in [2.05, 4.69) is 9.97 Å². The molecule has 0 spiro atoms. The molecule has 0 aliphatic rings. The molecule has 80 valence electrons. The van der Waals surface area contributed by atoms with Gasteiger partial charge in [-0.25, -0.2) is 9.97 Å². The summed E-state index contributed by atoms with van der Waals surface area (Å²) in [5.74, 6) is 2.11. The first-order valence-electron chi connectivity index (χ1n) is 4.78. The van der Waals surface area contributed by atoms with Crippen molar-refractivity contribution in [2.45, 2.75) is 12.8 Å². The smallest absolute Gasteiger partial charge is 0.195 e. The standard InChI is InChI=1S/C10H12ClN3O/c1-14-7-12-5-8(14)9-6-13-10(15-9)3-2-4-11/h5-7H,2-4H2,1H3. The summed E-state index contributed by atoms with van der Waals surface area (Å²) < 4.78 is 7.48. The van der Waals surface area contributed by atoms with E-state index in [4.69, 9.17) is 16.0 Å². The van der Waals surface area contributed by atoms with Crippen molar-refractivity contribution in [2.75, 3.05) is 5.88 Å². The van der Waals surface area contributed by atoms with Crippen molar-refractivity contribution in [1.29, 1.82) is 0 Å². The predicted molar refractivity (Wildman–Crippen MR) is 57.7 cm³/mol. The lowest BCUT2D eigenvalue weighted by molar-refractivity contribution is 0.500. The summed E-state index contributed by atoms with van der Waals surface area (Å²) >= 11 is 5.60. The van der Waals surface area contributed by atoms with E-state index in [-0.39, 0.29) is 0 Å². The average molecular weight is 226 g/mol. The zero-order chi connectivity index (χ0) is 10.7. The fraction of sp³-hybridized carbons (Fsp3) is 0.400. The van der Waals surface area contributed by atoms with Crippen LogP contribution in [0.3, 0.4) is 0 Å². The van der Waals surface area contributed by atoms with Gasteiger partial charge in [0.1, 0.15) is 5.69 Å². The number of imidazole rings is 1. The van der Waals surface area contributed by atoms with Gasteiger partial charge in [0.25, 0.3) is 0 Å². The van der Waals surface area contributed by atoms with Crippen LogP contribution in [-0.4, -0.2) is 20.4 Å². The molecular weight excluding hydrogens is 214 g/mol. The van der Waals surface area contributed by atoms with Crippen molar-refractivity contribution in [2.24, 2.45) is 7.05 Å². The maximum Gasteiger partial charge on any atom is 0.195 e. The summed E-state index contributed by atoms with van der Waals surface area (Å²) in [5.41, 5.74) is 0.930. The molecule has 0 unspecified atom stereocenters. The number of alkyl halides is 1. The SMILES string of the molecule is Cn1cncc1-c1cnc(CCCCl)o1. The second-order valence-corrected chi connectivity index (χ2v) is 3.68. The molecule has 0 fully saturated rings. The first-order chi connectivity index (χ1) is 7.31. The van der Waals surface area contributed by atoms with Gasteiger partial charge in [0.15, 0.2) is 11.7 Å². The number of hydrogen-bond donors (Lipinski definition) is 0. The topological polar surface area (TPSA) is 43.9 Å². The van der Waals surface area contributed by atoms with Crippen molar-refractivity contribution in [1.82, 2.24) is 14.5 Å². The lowest BCUT2D eigenvalue weighted by Gasteiger charge is -1.96. The molecule has 2 heterocycles. The van der Waals surface area contributed by atoms with Gasteiger partial charge < -0.3 is 8.98 Å². The molecule has 0 aromatic carbocycles. The minimum absolute atomic E-state index is 0.628. The number of halogens is 1. The van der Waals surface area contributed by atoms with Crippen molar-refractivity contribution in [3.05, 3.63) is 24.6 Å². The molecule has 0 bridgehead atoms. The second kappa shape index (κ2) is 4.49. The molecule has 2 rings (SSSR count). The molecule has 0 aliphatic heterocycles. The van der Waals surface area contributed by atoms with E-state index in [1.165, 1.54) is 0 Å². The van der Waals surface area contributed by atoms with Gasteiger partial charge in [-0.3, -0.25) is 0 Å². The average Bonchev–Trinajstić information content (AvgIpc) is 2.83. The first kappa shape index (κ1) is 10.2. The lowest BCUT2D eigenvalue weighted by atomic mass is 10.3. The third-order valence-electron chi connectivity index (χ3n) is 2.15. The van der Waals surface area contributed by atoms with Gasteiger partial charge in [0.2, 0.25) is 0 Å². The van der Waals surface area contributed by atoms with E-state index in [0.29, 0.717) is 5.88 Å². The van der Waals surface area contributed by atoms with Crippen LogP contribution < -0.4 is 0 Å². The van der Waals surface area contributed by atoms with Crippen LogP contribution in [0.2, 0.25) is 0 Å². The van der Waals surface area contributed by atoms with E-state index in [9.17, 15) is 0 Å². The predicted octanol–water partition coefficient (Wildman–Crippen LogP) is 2.25. The highest BCUT2D eigenvalue weighted by molar-refractivity contribution is 6.17. The maximum absolute atomic E-state index is 5.60. The van der Waals surface area contributed by atoms with Gasteiger partial charge >= 0.3 is 0 Å². The van der Waals surface area contributed by atoms with Gasteiger partial charge in [0, 0.05) is 19.3 Å². The molecular formula is C10H12ClN3O. The van der Waals surface area contributed by atoms with Crippen LogP contribution in [0.15, 0.2) is 23.1 Å². The first-order valence-corrected chi connectivity index (χ1v) is 5.32. The quantitative estimate of drug-likeness (QED) is 0.750.